The molecule has 3 aliphatic rings. The summed E-state index contributed by atoms with van der Waals surface area (Å²) in [7, 11) is -3.67. The standard InChI is InChI=1S/C27H30F2N4O6S2/c1-3-39-27(36)20-22(15-6-9-33(10-7-15)41(37,38)17-12-16(13-17)26(34)35)31-24(25-30-8-11-40-25)32-23(20)18-4-5-19(28)21(29)14(18)2/h4-5,8,11,15-17,23H,3,6-7,9-10,12-13H2,1-2H3,(H,31,32)(H,34,35)/t16-,17-,23-/m0/s1. The van der Waals surface area contributed by atoms with Crippen LogP contribution in [0.2, 0.25) is 0 Å². The molecule has 0 unspecified atom stereocenters. The third-order valence-electron chi connectivity index (χ3n) is 7.97. The monoisotopic (exact) mass is 608 g/mol. The second-order valence-electron chi connectivity index (χ2n) is 10.3. The lowest BCUT2D eigenvalue weighted by atomic mass is 9.85. The number of hydrogen-bond acceptors (Lipinski definition) is 9. The lowest BCUT2D eigenvalue weighted by Gasteiger charge is -2.40. The zero-order chi connectivity index (χ0) is 29.5. The van der Waals surface area contributed by atoms with Gasteiger partial charge in [0.25, 0.3) is 0 Å². The number of esters is 1. The Morgan fingerprint density at radius 3 is 2.54 bits per heavy atom. The van der Waals surface area contributed by atoms with Crippen LogP contribution in [0.3, 0.4) is 0 Å². The van der Waals surface area contributed by atoms with Gasteiger partial charge in [0.15, 0.2) is 22.5 Å². The number of nitrogens with one attached hydrogen (secondary N) is 1. The summed E-state index contributed by atoms with van der Waals surface area (Å²) in [5.41, 5.74) is 0.967. The number of carboxylic acid groups (broad SMARTS) is 1. The Morgan fingerprint density at radius 2 is 1.93 bits per heavy atom. The highest BCUT2D eigenvalue weighted by molar-refractivity contribution is 7.89. The van der Waals surface area contributed by atoms with E-state index in [0.29, 0.717) is 34.9 Å². The molecule has 1 atom stereocenters. The summed E-state index contributed by atoms with van der Waals surface area (Å²) in [6.45, 7) is 3.53. The van der Waals surface area contributed by atoms with Crippen molar-refractivity contribution in [3.05, 3.63) is 62.7 Å². The number of hydrogen-bond donors (Lipinski definition) is 2. The average Bonchev–Trinajstić information content (AvgIpc) is 3.45. The molecule has 1 saturated carbocycles. The summed E-state index contributed by atoms with van der Waals surface area (Å²) in [6.07, 6.45) is 2.54. The molecule has 2 aliphatic heterocycles. The molecule has 220 valence electrons. The number of amidine groups is 1. The fourth-order valence-corrected chi connectivity index (χ4v) is 8.26. The number of piperidine rings is 1. The first-order valence-electron chi connectivity index (χ1n) is 13.3. The van der Waals surface area contributed by atoms with Crippen molar-refractivity contribution >= 4 is 39.1 Å². The van der Waals surface area contributed by atoms with Crippen LogP contribution in [0.25, 0.3) is 0 Å². The number of nitrogens with zero attached hydrogens (tertiary/aromatic N) is 3. The number of carboxylic acids is 1. The van der Waals surface area contributed by atoms with Gasteiger partial charge >= 0.3 is 11.9 Å². The third kappa shape index (κ3) is 5.52. The lowest BCUT2D eigenvalue weighted by Crippen LogP contribution is -2.50. The Bertz CT molecular complexity index is 1510. The number of ether oxygens (including phenoxy) is 1. The Balaban J connectivity index is 1.49. The number of aliphatic imine (C=N–C) groups is 1. The number of carbonyl (C=O) groups excluding carboxylic acids is 1. The minimum atomic E-state index is -3.67. The van der Waals surface area contributed by atoms with Crippen LogP contribution in [0.4, 0.5) is 8.78 Å². The zero-order valence-electron chi connectivity index (χ0n) is 22.5. The molecule has 1 saturated heterocycles. The van der Waals surface area contributed by atoms with Gasteiger partial charge in [-0.05, 0) is 56.7 Å². The predicted molar refractivity (Wildman–Crippen MR) is 147 cm³/mol. The van der Waals surface area contributed by atoms with E-state index in [1.807, 2.05) is 0 Å². The Labute approximate surface area is 240 Å². The molecular formula is C27H30F2N4O6S2. The molecule has 1 aromatic heterocycles. The summed E-state index contributed by atoms with van der Waals surface area (Å²) in [4.78, 5) is 33.6. The van der Waals surface area contributed by atoms with Crippen LogP contribution in [0, 0.1) is 30.4 Å². The number of rotatable bonds is 8. The van der Waals surface area contributed by atoms with Crippen molar-refractivity contribution in [3.8, 4) is 0 Å². The van der Waals surface area contributed by atoms with Crippen molar-refractivity contribution in [1.82, 2.24) is 14.6 Å². The van der Waals surface area contributed by atoms with Crippen molar-refractivity contribution in [2.24, 2.45) is 16.8 Å². The second kappa shape index (κ2) is 11.6. The summed E-state index contributed by atoms with van der Waals surface area (Å²) in [5, 5.41) is 14.0. The number of thiazole rings is 1. The normalized spacial score (nSPS) is 23.9. The molecule has 2 aromatic rings. The zero-order valence-corrected chi connectivity index (χ0v) is 24.1. The Morgan fingerprint density at radius 1 is 1.22 bits per heavy atom. The van der Waals surface area contributed by atoms with Crippen LogP contribution in [0.15, 0.2) is 40.0 Å². The van der Waals surface area contributed by atoms with Gasteiger partial charge < -0.3 is 15.2 Å². The van der Waals surface area contributed by atoms with Gasteiger partial charge in [-0.25, -0.2) is 31.3 Å². The van der Waals surface area contributed by atoms with Gasteiger partial charge in [-0.2, -0.15) is 0 Å². The van der Waals surface area contributed by atoms with Crippen LogP contribution in [0.5, 0.6) is 0 Å². The maximum Gasteiger partial charge on any atom is 0.338 e. The van der Waals surface area contributed by atoms with Crippen molar-refractivity contribution < 1.29 is 36.6 Å². The minimum absolute atomic E-state index is 0.0152. The van der Waals surface area contributed by atoms with Crippen molar-refractivity contribution in [3.63, 3.8) is 0 Å². The number of sulfonamides is 1. The first-order valence-corrected chi connectivity index (χ1v) is 15.7. The number of benzene rings is 1. The number of aromatic nitrogens is 1. The quantitative estimate of drug-likeness (QED) is 0.434. The number of aliphatic carboxylic acids is 1. The number of carbonyl (C=O) groups is 2. The van der Waals surface area contributed by atoms with Gasteiger partial charge in [0, 0.05) is 36.3 Å². The molecule has 0 spiro atoms. The maximum absolute atomic E-state index is 14.7. The largest absolute Gasteiger partial charge is 0.481 e. The molecule has 41 heavy (non-hydrogen) atoms. The molecule has 0 bridgehead atoms. The number of allylic oxidation sites excluding steroid dienone is 1. The number of halogens is 2. The fourth-order valence-electron chi connectivity index (χ4n) is 5.58. The van der Waals surface area contributed by atoms with E-state index in [1.54, 1.807) is 18.5 Å². The molecule has 5 rings (SSSR count). The van der Waals surface area contributed by atoms with E-state index in [4.69, 9.17) is 14.8 Å². The summed E-state index contributed by atoms with van der Waals surface area (Å²) in [6, 6.07) is 1.39. The molecule has 0 amide bonds. The molecular weight excluding hydrogens is 578 g/mol. The fraction of sp³-hybridized carbons (Fsp3) is 0.481. The summed E-state index contributed by atoms with van der Waals surface area (Å²) in [5.74, 6) is -4.27. The molecule has 14 heteroatoms. The van der Waals surface area contributed by atoms with Gasteiger partial charge in [0.05, 0.1) is 23.3 Å². The van der Waals surface area contributed by atoms with Crippen molar-refractivity contribution in [1.29, 1.82) is 0 Å². The molecule has 1 aliphatic carbocycles. The van der Waals surface area contributed by atoms with E-state index in [1.165, 1.54) is 28.6 Å². The summed E-state index contributed by atoms with van der Waals surface area (Å²) < 4.78 is 61.8. The van der Waals surface area contributed by atoms with E-state index < -0.39 is 50.8 Å². The van der Waals surface area contributed by atoms with Gasteiger partial charge in [-0.1, -0.05) is 6.07 Å². The Kier molecular flexibility index (Phi) is 8.26. The van der Waals surface area contributed by atoms with Gasteiger partial charge in [0.2, 0.25) is 10.0 Å². The highest BCUT2D eigenvalue weighted by atomic mass is 32.2. The van der Waals surface area contributed by atoms with E-state index >= 15 is 0 Å². The smallest absolute Gasteiger partial charge is 0.338 e. The van der Waals surface area contributed by atoms with Gasteiger partial charge in [-0.15, -0.1) is 11.3 Å². The van der Waals surface area contributed by atoms with Crippen LogP contribution >= 0.6 is 11.3 Å². The van der Waals surface area contributed by atoms with Gasteiger partial charge in [0.1, 0.15) is 6.04 Å². The minimum Gasteiger partial charge on any atom is -0.481 e. The molecule has 2 N–H and O–H groups in total. The highest BCUT2D eigenvalue weighted by Crippen LogP contribution is 2.41. The molecule has 3 heterocycles. The van der Waals surface area contributed by atoms with Crippen LogP contribution in [-0.2, 0) is 24.3 Å². The van der Waals surface area contributed by atoms with Crippen LogP contribution < -0.4 is 5.32 Å². The van der Waals surface area contributed by atoms with Crippen LogP contribution in [0.1, 0.15) is 54.8 Å². The lowest BCUT2D eigenvalue weighted by molar-refractivity contribution is -0.144. The summed E-state index contributed by atoms with van der Waals surface area (Å²) >= 11 is 1.32. The first-order chi connectivity index (χ1) is 19.5. The second-order valence-corrected chi connectivity index (χ2v) is 13.4. The Hall–Kier alpha value is -3.23. The maximum atomic E-state index is 14.7. The van der Waals surface area contributed by atoms with Crippen molar-refractivity contribution in [2.45, 2.75) is 50.8 Å². The van der Waals surface area contributed by atoms with E-state index in [0.717, 1.165) is 6.07 Å². The van der Waals surface area contributed by atoms with Crippen LogP contribution in [-0.4, -0.2) is 65.5 Å². The van der Waals surface area contributed by atoms with E-state index in [2.05, 4.69) is 10.3 Å². The van der Waals surface area contributed by atoms with Crippen molar-refractivity contribution in [2.75, 3.05) is 19.7 Å². The molecule has 1 aromatic carbocycles. The van der Waals surface area contributed by atoms with Gasteiger partial charge in [-0.3, -0.25) is 9.79 Å². The predicted octanol–water partition coefficient (Wildman–Crippen LogP) is 3.54. The molecule has 2 fully saturated rings. The van der Waals surface area contributed by atoms with E-state index in [-0.39, 0.29) is 49.6 Å². The molecule has 10 nitrogen and oxygen atoms in total. The molecule has 0 radical (unpaired) electrons. The van der Waals surface area contributed by atoms with E-state index in [9.17, 15) is 26.8 Å². The SMILES string of the molecule is CCOC(=O)C1=C(C2CCN(S(=O)(=O)[C@H]3C[C@H](C(=O)O)C3)CC2)NC(c2nccs2)=N[C@H]1c1ccc(F)c(F)c1C. The average molecular weight is 609 g/mol. The third-order valence-corrected chi connectivity index (χ3v) is 11.1. The first kappa shape index (κ1) is 29.3. The topological polar surface area (TPSA) is 138 Å². The highest BCUT2D eigenvalue weighted by Gasteiger charge is 2.46.